The summed E-state index contributed by atoms with van der Waals surface area (Å²) in [4.78, 5) is 102. The van der Waals surface area contributed by atoms with Gasteiger partial charge in [0.15, 0.2) is 23.0 Å². The van der Waals surface area contributed by atoms with E-state index in [0.717, 1.165) is 24.8 Å². The van der Waals surface area contributed by atoms with Gasteiger partial charge >= 0.3 is 29.8 Å². The highest BCUT2D eigenvalue weighted by Gasteiger charge is 2.18. The lowest BCUT2D eigenvalue weighted by Crippen LogP contribution is -2.14. The maximum Gasteiger partial charge on any atom is 0.343 e. The van der Waals surface area contributed by atoms with E-state index in [4.69, 9.17) is 35.5 Å². The Bertz CT molecular complexity index is 4480. The van der Waals surface area contributed by atoms with Gasteiger partial charge in [-0.25, -0.2) is 19.2 Å². The third-order valence-corrected chi connectivity index (χ3v) is 15.6. The first kappa shape index (κ1) is 72.4. The molecule has 0 spiro atoms. The standard InChI is InChI=1S/C32H20N2O7.C28H30O3.C24H22O3/c1-34-25-10-6-24(7-11-25)32(38)41-28-16-14-27(15-17-28)40-30(36)19-18-29(35)39-26-12-8-23(9-13-26)31(37)22-4-2-21(20-33)3-5-22;1-3-4-5-6-7-8-22-11-13-23(14-12-22)27(29)24-15-17-25(18-16-24)28(30)31-26-19-9-21(2)10-20-26;1-3-17-5-9-19(10-6-17)23(25)20-11-13-21(14-12-20)24(26)27-22-15-7-18(4-2)8-16-22/h2-17H,18-19H2;9-20H,3-8H2,1-2H3;5-16H,3-4H2,1-2H3. The van der Waals surface area contributed by atoms with Crippen molar-refractivity contribution in [1.29, 1.82) is 5.26 Å². The maximum atomic E-state index is 12.8. The number of nitriles is 1. The Morgan fingerprint density at radius 1 is 0.343 bits per heavy atom. The lowest BCUT2D eigenvalue weighted by Gasteiger charge is -2.08. The predicted octanol–water partition coefficient (Wildman–Crippen LogP) is 18.1. The number of carbonyl (C=O) groups is 8. The summed E-state index contributed by atoms with van der Waals surface area (Å²) in [7, 11) is 0. The molecule has 0 unspecified atom stereocenters. The van der Waals surface area contributed by atoms with Gasteiger partial charge in [-0.1, -0.05) is 173 Å². The number of ketones is 3. The third-order valence-electron chi connectivity index (χ3n) is 15.6. The van der Waals surface area contributed by atoms with Gasteiger partial charge in [-0.2, -0.15) is 5.26 Å². The molecule has 0 radical (unpaired) electrons. The largest absolute Gasteiger partial charge is 0.427 e. The minimum Gasteiger partial charge on any atom is -0.427 e. The number of benzene rings is 10. The zero-order valence-corrected chi connectivity index (χ0v) is 55.4. The highest BCUT2D eigenvalue weighted by molar-refractivity contribution is 6.11. The Balaban J connectivity index is 0.000000194. The van der Waals surface area contributed by atoms with E-state index in [2.05, 4.69) is 25.6 Å². The van der Waals surface area contributed by atoms with E-state index in [-0.39, 0.29) is 53.0 Å². The molecule has 10 aromatic carbocycles. The van der Waals surface area contributed by atoms with Crippen molar-refractivity contribution in [2.45, 2.75) is 91.9 Å². The number of hydrogen-bond acceptors (Lipinski definition) is 14. The zero-order valence-electron chi connectivity index (χ0n) is 55.4. The Labute approximate surface area is 576 Å². The molecule has 0 amide bonds. The lowest BCUT2D eigenvalue weighted by molar-refractivity contribution is -0.140. The molecule has 0 aromatic heterocycles. The Morgan fingerprint density at radius 2 is 0.626 bits per heavy atom. The fourth-order valence-corrected chi connectivity index (χ4v) is 9.75. The molecule has 99 heavy (non-hydrogen) atoms. The molecule has 0 aliphatic rings. The molecule has 0 bridgehead atoms. The van der Waals surface area contributed by atoms with Gasteiger partial charge in [0.05, 0.1) is 47.7 Å². The van der Waals surface area contributed by atoms with Crippen molar-refractivity contribution in [3.8, 4) is 34.8 Å². The number of aryl methyl sites for hydroxylation is 4. The van der Waals surface area contributed by atoms with Crippen LogP contribution < -0.4 is 23.7 Å². The summed E-state index contributed by atoms with van der Waals surface area (Å²) in [6.07, 6.45) is 8.76. The number of ether oxygens (including phenoxy) is 5. The first-order chi connectivity index (χ1) is 48.0. The average Bonchev–Trinajstić information content (AvgIpc) is 0.937. The fourth-order valence-electron chi connectivity index (χ4n) is 9.75. The van der Waals surface area contributed by atoms with Crippen LogP contribution in [0.3, 0.4) is 0 Å². The van der Waals surface area contributed by atoms with E-state index in [9.17, 15) is 38.4 Å². The molecule has 0 fully saturated rings. The number of hydrogen-bond donors (Lipinski definition) is 0. The molecule has 0 heterocycles. The van der Waals surface area contributed by atoms with Crippen LogP contribution in [-0.4, -0.2) is 47.2 Å². The minimum atomic E-state index is -0.657. The van der Waals surface area contributed by atoms with Crippen LogP contribution in [0.2, 0.25) is 0 Å². The van der Waals surface area contributed by atoms with Crippen molar-refractivity contribution < 1.29 is 62.0 Å². The molecular weight excluding hydrogens is 1240 g/mol. The number of unbranched alkanes of at least 4 members (excludes halogenated alkanes) is 4. The molecule has 15 heteroatoms. The fraction of sp³-hybridized carbons (Fsp3) is 0.167. The second-order valence-corrected chi connectivity index (χ2v) is 22.8. The summed E-state index contributed by atoms with van der Waals surface area (Å²) in [5, 5.41) is 8.88. The normalized spacial score (nSPS) is 10.3. The van der Waals surface area contributed by atoms with Crippen LogP contribution in [0, 0.1) is 24.8 Å². The third kappa shape index (κ3) is 22.3. The van der Waals surface area contributed by atoms with Gasteiger partial charge in [0, 0.05) is 33.4 Å². The molecule has 0 aliphatic carbocycles. The lowest BCUT2D eigenvalue weighted by atomic mass is 9.99. The predicted molar refractivity (Wildman–Crippen MR) is 377 cm³/mol. The molecule has 0 aliphatic heterocycles. The van der Waals surface area contributed by atoms with Gasteiger partial charge in [0.1, 0.15) is 28.7 Å². The second-order valence-electron chi connectivity index (χ2n) is 22.8. The van der Waals surface area contributed by atoms with Crippen LogP contribution >= 0.6 is 0 Å². The molecule has 0 N–H and O–H groups in total. The van der Waals surface area contributed by atoms with Gasteiger partial charge in [-0.3, -0.25) is 24.0 Å². The van der Waals surface area contributed by atoms with E-state index < -0.39 is 29.8 Å². The molecule has 0 saturated heterocycles. The number of rotatable bonds is 25. The van der Waals surface area contributed by atoms with Crippen LogP contribution in [-0.2, 0) is 28.9 Å². The van der Waals surface area contributed by atoms with Crippen molar-refractivity contribution in [2.24, 2.45) is 0 Å². The smallest absolute Gasteiger partial charge is 0.343 e. The quantitative estimate of drug-likeness (QED) is 0.0171. The molecular formula is C84H72N2O13. The van der Waals surface area contributed by atoms with Crippen LogP contribution in [0.1, 0.15) is 172 Å². The number of nitrogens with zero attached hydrogens (tertiary/aromatic N) is 2. The Hall–Kier alpha value is -12.5. The van der Waals surface area contributed by atoms with Gasteiger partial charge in [0.25, 0.3) is 0 Å². The highest BCUT2D eigenvalue weighted by Crippen LogP contribution is 2.24. The van der Waals surface area contributed by atoms with Crippen molar-refractivity contribution in [3.63, 3.8) is 0 Å². The summed E-state index contributed by atoms with van der Waals surface area (Å²) in [5.74, 6) is -1.48. The van der Waals surface area contributed by atoms with Gasteiger partial charge in [0.2, 0.25) is 0 Å². The monoisotopic (exact) mass is 1320 g/mol. The van der Waals surface area contributed by atoms with Crippen molar-refractivity contribution in [3.05, 3.63) is 332 Å². The van der Waals surface area contributed by atoms with E-state index in [1.54, 1.807) is 97.1 Å². The molecule has 15 nitrogen and oxygen atoms in total. The Morgan fingerprint density at radius 3 is 0.990 bits per heavy atom. The SMILES string of the molecule is CCCCCCCc1ccc(C(=O)c2ccc(C(=O)Oc3ccc(C)cc3)cc2)cc1.CCc1ccc(OC(=O)c2ccc(C(=O)c3ccc(CC)cc3)cc2)cc1.[C-]#[N+]c1ccc(C(=O)Oc2ccc(OC(=O)CCC(=O)Oc3ccc(C(=O)c4ccc(C#N)cc4)cc3)cc2)cc1. The van der Waals surface area contributed by atoms with E-state index in [1.807, 2.05) is 85.8 Å². The van der Waals surface area contributed by atoms with Crippen molar-refractivity contribution >= 4 is 52.9 Å². The first-order valence-corrected chi connectivity index (χ1v) is 32.4. The second kappa shape index (κ2) is 37.0. The number of esters is 5. The van der Waals surface area contributed by atoms with E-state index in [1.165, 1.54) is 122 Å². The van der Waals surface area contributed by atoms with Crippen LogP contribution in [0.5, 0.6) is 28.7 Å². The molecule has 10 rings (SSSR count). The van der Waals surface area contributed by atoms with Gasteiger partial charge in [-0.05, 0) is 171 Å². The number of carbonyl (C=O) groups excluding carboxylic acids is 8. The summed E-state index contributed by atoms with van der Waals surface area (Å²) >= 11 is 0. The van der Waals surface area contributed by atoms with E-state index >= 15 is 0 Å². The molecule has 496 valence electrons. The van der Waals surface area contributed by atoms with Gasteiger partial charge < -0.3 is 23.7 Å². The van der Waals surface area contributed by atoms with Crippen molar-refractivity contribution in [1.82, 2.24) is 0 Å². The van der Waals surface area contributed by atoms with Gasteiger partial charge in [-0.15, -0.1) is 0 Å². The zero-order chi connectivity index (χ0) is 70.5. The highest BCUT2D eigenvalue weighted by atomic mass is 16.6. The van der Waals surface area contributed by atoms with Crippen molar-refractivity contribution in [2.75, 3.05) is 0 Å². The molecule has 10 aromatic rings. The molecule has 0 saturated carbocycles. The van der Waals surface area contributed by atoms with E-state index in [0.29, 0.717) is 67.3 Å². The van der Waals surface area contributed by atoms with Crippen LogP contribution in [0.25, 0.3) is 4.85 Å². The van der Waals surface area contributed by atoms with Crippen LogP contribution in [0.15, 0.2) is 243 Å². The first-order valence-electron chi connectivity index (χ1n) is 32.4. The minimum absolute atomic E-state index is 0.0482. The summed E-state index contributed by atoms with van der Waals surface area (Å²) in [6.45, 7) is 15.3. The summed E-state index contributed by atoms with van der Waals surface area (Å²) in [6, 6.07) is 69.5. The maximum absolute atomic E-state index is 12.8. The topological polar surface area (TPSA) is 211 Å². The van der Waals surface area contributed by atoms with Crippen LogP contribution in [0.4, 0.5) is 5.69 Å². The summed E-state index contributed by atoms with van der Waals surface area (Å²) in [5.41, 5.74) is 9.91. The Kier molecular flexibility index (Phi) is 27.0. The summed E-state index contributed by atoms with van der Waals surface area (Å²) < 4.78 is 26.5. The molecule has 0 atom stereocenters. The average molecular weight is 1320 g/mol.